The van der Waals surface area contributed by atoms with Crippen molar-refractivity contribution in [2.75, 3.05) is 0 Å². The number of hydrogen-bond acceptors (Lipinski definition) is 2. The summed E-state index contributed by atoms with van der Waals surface area (Å²) in [6.45, 7) is 2.21. The van der Waals surface area contributed by atoms with Crippen molar-refractivity contribution in [3.05, 3.63) is 11.1 Å². The van der Waals surface area contributed by atoms with E-state index in [9.17, 15) is 0 Å². The Kier molecular flexibility index (Phi) is 6.93. The zero-order valence-corrected chi connectivity index (χ0v) is 7.53. The van der Waals surface area contributed by atoms with Crippen molar-refractivity contribution in [1.82, 2.24) is 0 Å². The third kappa shape index (κ3) is 7.89. The second-order valence-corrected chi connectivity index (χ2v) is 2.99. The fourth-order valence-corrected chi connectivity index (χ4v) is 0.950. The number of thiol groups is 1. The summed E-state index contributed by atoms with van der Waals surface area (Å²) in [7, 11) is 0. The zero-order chi connectivity index (χ0) is 7.82. The molecule has 0 unspecified atom stereocenters. The maximum atomic E-state index is 5.33. The van der Waals surface area contributed by atoms with Crippen LogP contribution < -0.4 is 5.73 Å². The van der Waals surface area contributed by atoms with Gasteiger partial charge in [0.25, 0.3) is 0 Å². The molecule has 2 N–H and O–H groups in total. The van der Waals surface area contributed by atoms with Gasteiger partial charge in [-0.3, -0.25) is 0 Å². The molecule has 0 spiro atoms. The number of hydrogen-bond donors (Lipinski definition) is 2. The Morgan fingerprint density at radius 3 is 2.60 bits per heavy atom. The molecule has 0 atom stereocenters. The Morgan fingerprint density at radius 1 is 1.40 bits per heavy atom. The van der Waals surface area contributed by atoms with E-state index in [1.807, 2.05) is 6.08 Å². The third-order valence-electron chi connectivity index (χ3n) is 1.41. The molecular weight excluding hydrogens is 142 g/mol. The summed E-state index contributed by atoms with van der Waals surface area (Å²) in [6, 6.07) is 0. The van der Waals surface area contributed by atoms with E-state index < -0.39 is 0 Å². The van der Waals surface area contributed by atoms with Crippen LogP contribution in [0.25, 0.3) is 0 Å². The van der Waals surface area contributed by atoms with Gasteiger partial charge in [-0.1, -0.05) is 32.3 Å². The van der Waals surface area contributed by atoms with Crippen molar-refractivity contribution >= 4 is 12.6 Å². The van der Waals surface area contributed by atoms with Gasteiger partial charge in [-0.05, 0) is 12.8 Å². The summed E-state index contributed by atoms with van der Waals surface area (Å²) >= 11 is 3.96. The molecule has 0 fully saturated rings. The molecule has 60 valence electrons. The molecule has 10 heavy (non-hydrogen) atoms. The highest BCUT2D eigenvalue weighted by molar-refractivity contribution is 7.84. The molecule has 2 heteroatoms. The van der Waals surface area contributed by atoms with E-state index in [1.165, 1.54) is 25.7 Å². The molecule has 0 bridgehead atoms. The van der Waals surface area contributed by atoms with Crippen molar-refractivity contribution in [1.29, 1.82) is 0 Å². The van der Waals surface area contributed by atoms with E-state index in [1.54, 1.807) is 0 Å². The summed E-state index contributed by atoms with van der Waals surface area (Å²) in [5.74, 6) is 0. The Hall–Kier alpha value is -0.110. The number of nitrogens with two attached hydrogens (primary N) is 1. The lowest BCUT2D eigenvalue weighted by Crippen LogP contribution is -1.86. The smallest absolute Gasteiger partial charge is 0.0583 e. The largest absolute Gasteiger partial charge is 0.394 e. The monoisotopic (exact) mass is 159 g/mol. The lowest BCUT2D eigenvalue weighted by Gasteiger charge is -1.94. The van der Waals surface area contributed by atoms with E-state index in [0.29, 0.717) is 5.03 Å². The number of unbranched alkanes of at least 4 members (excludes halogenated alkanes) is 4. The quantitative estimate of drug-likeness (QED) is 0.468. The average Bonchev–Trinajstić information content (AvgIpc) is 1.87. The molecule has 0 aromatic carbocycles. The summed E-state index contributed by atoms with van der Waals surface area (Å²) in [5, 5.41) is 0.650. The predicted octanol–water partition coefficient (Wildman–Crippen LogP) is 2.69. The maximum Gasteiger partial charge on any atom is 0.0583 e. The molecule has 1 nitrogen and oxygen atoms in total. The highest BCUT2D eigenvalue weighted by Crippen LogP contribution is 2.04. The number of allylic oxidation sites excluding steroid dienone is 1. The van der Waals surface area contributed by atoms with Crippen molar-refractivity contribution in [3.8, 4) is 0 Å². The van der Waals surface area contributed by atoms with Crippen molar-refractivity contribution in [3.63, 3.8) is 0 Å². The second-order valence-electron chi connectivity index (χ2n) is 2.48. The molecule has 0 aromatic rings. The van der Waals surface area contributed by atoms with Crippen molar-refractivity contribution < 1.29 is 0 Å². The topological polar surface area (TPSA) is 26.0 Å². The van der Waals surface area contributed by atoms with Crippen LogP contribution in [0.15, 0.2) is 11.1 Å². The van der Waals surface area contributed by atoms with Crippen LogP contribution in [-0.4, -0.2) is 0 Å². The highest BCUT2D eigenvalue weighted by Gasteiger charge is 1.84. The molecular formula is C8H17NS. The van der Waals surface area contributed by atoms with Gasteiger partial charge >= 0.3 is 0 Å². The van der Waals surface area contributed by atoms with Crippen LogP contribution in [-0.2, 0) is 0 Å². The summed E-state index contributed by atoms with van der Waals surface area (Å²) in [4.78, 5) is 0. The molecule has 0 aliphatic heterocycles. The van der Waals surface area contributed by atoms with Crippen LogP contribution in [0.2, 0.25) is 0 Å². The molecule has 0 radical (unpaired) electrons. The van der Waals surface area contributed by atoms with Crippen LogP contribution in [0.4, 0.5) is 0 Å². The fourth-order valence-electron chi connectivity index (χ4n) is 0.821. The standard InChI is InChI=1S/C8H17NS/c1-2-3-4-5-6-7-8(9)10/h7,10H,2-6,9H2,1H3/b8-7-. The van der Waals surface area contributed by atoms with E-state index in [0.717, 1.165) is 6.42 Å². The van der Waals surface area contributed by atoms with Crippen LogP contribution in [0, 0.1) is 0 Å². The summed E-state index contributed by atoms with van der Waals surface area (Å²) in [5.41, 5.74) is 5.33. The first-order valence-corrected chi connectivity index (χ1v) is 4.36. The normalized spacial score (nSPS) is 12.0. The van der Waals surface area contributed by atoms with E-state index in [4.69, 9.17) is 5.73 Å². The minimum Gasteiger partial charge on any atom is -0.394 e. The highest BCUT2D eigenvalue weighted by atomic mass is 32.1. The van der Waals surface area contributed by atoms with Gasteiger partial charge in [0.1, 0.15) is 0 Å². The molecule has 0 amide bonds. The number of rotatable bonds is 5. The van der Waals surface area contributed by atoms with E-state index >= 15 is 0 Å². The summed E-state index contributed by atoms with van der Waals surface area (Å²) in [6.07, 6.45) is 8.23. The van der Waals surface area contributed by atoms with Gasteiger partial charge < -0.3 is 5.73 Å². The molecule has 0 heterocycles. The van der Waals surface area contributed by atoms with Gasteiger partial charge in [-0.2, -0.15) is 0 Å². The lowest BCUT2D eigenvalue weighted by atomic mass is 10.1. The first kappa shape index (κ1) is 9.89. The zero-order valence-electron chi connectivity index (χ0n) is 6.64. The first-order valence-electron chi connectivity index (χ1n) is 3.92. The lowest BCUT2D eigenvalue weighted by molar-refractivity contribution is 0.674. The molecule has 0 aromatic heterocycles. The predicted molar refractivity (Wildman–Crippen MR) is 50.0 cm³/mol. The molecule has 0 saturated carbocycles. The van der Waals surface area contributed by atoms with Gasteiger partial charge in [0.15, 0.2) is 0 Å². The van der Waals surface area contributed by atoms with Gasteiger partial charge in [-0.25, -0.2) is 0 Å². The van der Waals surface area contributed by atoms with Gasteiger partial charge in [0.05, 0.1) is 5.03 Å². The molecule has 0 rings (SSSR count). The Bertz CT molecular complexity index is 95.4. The van der Waals surface area contributed by atoms with Crippen molar-refractivity contribution in [2.45, 2.75) is 39.0 Å². The minimum atomic E-state index is 0.650. The SMILES string of the molecule is CCCCCC/C=C(/N)S. The fraction of sp³-hybridized carbons (Fsp3) is 0.750. The van der Waals surface area contributed by atoms with Crippen LogP contribution >= 0.6 is 12.6 Å². The van der Waals surface area contributed by atoms with Crippen LogP contribution in [0.5, 0.6) is 0 Å². The maximum absolute atomic E-state index is 5.33. The van der Waals surface area contributed by atoms with Gasteiger partial charge in [0, 0.05) is 0 Å². The molecule has 0 saturated heterocycles. The Labute approximate surface area is 69.1 Å². The minimum absolute atomic E-state index is 0.650. The second kappa shape index (κ2) is 7.00. The molecule has 0 aliphatic carbocycles. The average molecular weight is 159 g/mol. The van der Waals surface area contributed by atoms with Gasteiger partial charge in [0.2, 0.25) is 0 Å². The Balaban J connectivity index is 2.98. The third-order valence-corrected chi connectivity index (χ3v) is 1.59. The van der Waals surface area contributed by atoms with Crippen LogP contribution in [0.1, 0.15) is 39.0 Å². The summed E-state index contributed by atoms with van der Waals surface area (Å²) < 4.78 is 0. The first-order chi connectivity index (χ1) is 4.77. The van der Waals surface area contributed by atoms with E-state index in [-0.39, 0.29) is 0 Å². The Morgan fingerprint density at radius 2 is 2.10 bits per heavy atom. The van der Waals surface area contributed by atoms with E-state index in [2.05, 4.69) is 19.6 Å². The van der Waals surface area contributed by atoms with Crippen molar-refractivity contribution in [2.24, 2.45) is 5.73 Å². The van der Waals surface area contributed by atoms with Gasteiger partial charge in [-0.15, -0.1) is 12.6 Å². The van der Waals surface area contributed by atoms with Crippen LogP contribution in [0.3, 0.4) is 0 Å². The molecule has 0 aliphatic rings.